The number of carbonyl (C=O) groups excluding carboxylic acids is 1. The van der Waals surface area contributed by atoms with E-state index >= 15 is 0 Å². The zero-order valence-electron chi connectivity index (χ0n) is 17.8. The topological polar surface area (TPSA) is 73.8 Å². The number of rotatable bonds is 9. The van der Waals surface area contributed by atoms with Gasteiger partial charge in [0.25, 0.3) is 0 Å². The van der Waals surface area contributed by atoms with E-state index < -0.39 is 0 Å². The number of ether oxygens (including phenoxy) is 3. The molecule has 3 rings (SSSR count). The Bertz CT molecular complexity index is 855. The summed E-state index contributed by atoms with van der Waals surface area (Å²) in [6.07, 6.45) is 3.40. The largest absolute Gasteiger partial charge is 0.497 e. The molecule has 0 spiro atoms. The fraction of sp³-hybridized carbons (Fsp3) is 0.500. The minimum atomic E-state index is 0.109. The maximum atomic E-state index is 12.9. The van der Waals surface area contributed by atoms with E-state index in [-0.39, 0.29) is 11.8 Å². The number of hydrogen-bond acceptors (Lipinski definition) is 6. The van der Waals surface area contributed by atoms with Crippen molar-refractivity contribution in [1.29, 1.82) is 0 Å². The Morgan fingerprint density at radius 2 is 1.86 bits per heavy atom. The second kappa shape index (κ2) is 9.11. The average molecular weight is 399 g/mol. The summed E-state index contributed by atoms with van der Waals surface area (Å²) in [5, 5.41) is 0. The molecule has 0 N–H and O–H groups in total. The molecule has 1 saturated carbocycles. The summed E-state index contributed by atoms with van der Waals surface area (Å²) in [6.45, 7) is 4.70. The number of methoxy groups -OCH3 is 3. The quantitative estimate of drug-likeness (QED) is 0.637. The number of amides is 1. The van der Waals surface area contributed by atoms with Gasteiger partial charge in [-0.05, 0) is 37.8 Å². The van der Waals surface area contributed by atoms with Gasteiger partial charge in [-0.1, -0.05) is 13.8 Å². The summed E-state index contributed by atoms with van der Waals surface area (Å²) in [5.74, 6) is 2.45. The highest BCUT2D eigenvalue weighted by molar-refractivity contribution is 5.98. The van der Waals surface area contributed by atoms with Gasteiger partial charge in [-0.15, -0.1) is 0 Å². The molecule has 7 nitrogen and oxygen atoms in total. The molecule has 7 heteroatoms. The van der Waals surface area contributed by atoms with Crippen LogP contribution >= 0.6 is 0 Å². The number of hydrogen-bond donors (Lipinski definition) is 0. The molecule has 2 aromatic rings. The SMILES string of the molecule is CCCN(C(=O)C1CC1)c1c(CC)nc(-c2ccc(OC)cc2OC)nc1OC. The van der Waals surface area contributed by atoms with Crippen LogP contribution in [0.15, 0.2) is 18.2 Å². The number of nitrogens with zero attached hydrogens (tertiary/aromatic N) is 3. The van der Waals surface area contributed by atoms with Crippen LogP contribution in [0.2, 0.25) is 0 Å². The summed E-state index contributed by atoms with van der Waals surface area (Å²) in [4.78, 5) is 24.2. The van der Waals surface area contributed by atoms with Crippen LogP contribution in [0.4, 0.5) is 5.69 Å². The normalized spacial score (nSPS) is 13.1. The number of aromatic nitrogens is 2. The summed E-state index contributed by atoms with van der Waals surface area (Å²) in [6, 6.07) is 5.50. The third-order valence-corrected chi connectivity index (χ3v) is 5.01. The van der Waals surface area contributed by atoms with E-state index in [0.717, 1.165) is 30.5 Å². The van der Waals surface area contributed by atoms with Crippen molar-refractivity contribution in [3.63, 3.8) is 0 Å². The molecule has 1 aliphatic carbocycles. The second-order valence-electron chi connectivity index (χ2n) is 7.04. The van der Waals surface area contributed by atoms with Gasteiger partial charge in [-0.3, -0.25) is 4.79 Å². The van der Waals surface area contributed by atoms with Crippen molar-refractivity contribution in [2.24, 2.45) is 5.92 Å². The number of anilines is 1. The van der Waals surface area contributed by atoms with Crippen molar-refractivity contribution < 1.29 is 19.0 Å². The maximum Gasteiger partial charge on any atom is 0.241 e. The smallest absolute Gasteiger partial charge is 0.241 e. The van der Waals surface area contributed by atoms with Gasteiger partial charge in [0.2, 0.25) is 11.8 Å². The Balaban J connectivity index is 2.12. The van der Waals surface area contributed by atoms with E-state index in [1.807, 2.05) is 24.0 Å². The van der Waals surface area contributed by atoms with Crippen molar-refractivity contribution in [1.82, 2.24) is 9.97 Å². The molecular weight excluding hydrogens is 370 g/mol. The summed E-state index contributed by atoms with van der Waals surface area (Å²) >= 11 is 0. The Kier molecular flexibility index (Phi) is 6.56. The van der Waals surface area contributed by atoms with Crippen LogP contribution in [0.5, 0.6) is 17.4 Å². The van der Waals surface area contributed by atoms with E-state index in [0.29, 0.717) is 41.9 Å². The average Bonchev–Trinajstić information content (AvgIpc) is 3.61. The predicted molar refractivity (Wildman–Crippen MR) is 112 cm³/mol. The van der Waals surface area contributed by atoms with E-state index in [1.165, 1.54) is 0 Å². The van der Waals surface area contributed by atoms with Crippen LogP contribution in [0.25, 0.3) is 11.4 Å². The summed E-state index contributed by atoms with van der Waals surface area (Å²) in [7, 11) is 4.78. The minimum Gasteiger partial charge on any atom is -0.497 e. The van der Waals surface area contributed by atoms with Crippen molar-refractivity contribution >= 4 is 11.6 Å². The second-order valence-corrected chi connectivity index (χ2v) is 7.04. The third-order valence-electron chi connectivity index (χ3n) is 5.01. The van der Waals surface area contributed by atoms with Gasteiger partial charge in [0, 0.05) is 18.5 Å². The summed E-state index contributed by atoms with van der Waals surface area (Å²) < 4.78 is 16.4. The van der Waals surface area contributed by atoms with Gasteiger partial charge in [0.05, 0.1) is 32.6 Å². The highest BCUT2D eigenvalue weighted by Gasteiger charge is 2.36. The first-order valence-corrected chi connectivity index (χ1v) is 10.1. The van der Waals surface area contributed by atoms with Gasteiger partial charge < -0.3 is 19.1 Å². The zero-order valence-corrected chi connectivity index (χ0v) is 17.8. The molecule has 1 aromatic heterocycles. The minimum absolute atomic E-state index is 0.109. The van der Waals surface area contributed by atoms with Crippen LogP contribution in [0.1, 0.15) is 38.8 Å². The van der Waals surface area contributed by atoms with E-state index in [4.69, 9.17) is 19.2 Å². The Hall–Kier alpha value is -2.83. The standard InChI is InChI=1S/C22H29N3O4/c1-6-12-25(22(26)14-8-9-14)19-17(7-2)23-20(24-21(19)29-5)16-11-10-15(27-3)13-18(16)28-4/h10-11,13-14H,6-9,12H2,1-5H3. The fourth-order valence-electron chi connectivity index (χ4n) is 3.35. The predicted octanol–water partition coefficient (Wildman–Crippen LogP) is 3.88. The molecule has 1 fully saturated rings. The Morgan fingerprint density at radius 1 is 1.10 bits per heavy atom. The van der Waals surface area contributed by atoms with E-state index in [1.54, 1.807) is 27.4 Å². The molecule has 1 amide bonds. The van der Waals surface area contributed by atoms with Gasteiger partial charge in [-0.2, -0.15) is 4.98 Å². The van der Waals surface area contributed by atoms with Crippen LogP contribution in [0.3, 0.4) is 0 Å². The first kappa shape index (κ1) is 20.9. The van der Waals surface area contributed by atoms with Crippen molar-refractivity contribution in [3.05, 3.63) is 23.9 Å². The molecule has 0 saturated heterocycles. The van der Waals surface area contributed by atoms with Gasteiger partial charge >= 0.3 is 0 Å². The monoisotopic (exact) mass is 399 g/mol. The first-order valence-electron chi connectivity index (χ1n) is 10.1. The number of aryl methyl sites for hydroxylation is 1. The molecule has 0 radical (unpaired) electrons. The molecule has 0 unspecified atom stereocenters. The maximum absolute atomic E-state index is 12.9. The molecule has 0 aliphatic heterocycles. The third kappa shape index (κ3) is 4.28. The zero-order chi connectivity index (χ0) is 21.0. The Labute approximate surface area is 172 Å². The molecule has 156 valence electrons. The number of carbonyl (C=O) groups is 1. The molecule has 1 aliphatic rings. The van der Waals surface area contributed by atoms with E-state index in [2.05, 4.69) is 11.9 Å². The summed E-state index contributed by atoms with van der Waals surface area (Å²) in [5.41, 5.74) is 2.21. The first-order chi connectivity index (χ1) is 14.1. The molecule has 0 atom stereocenters. The highest BCUT2D eigenvalue weighted by atomic mass is 16.5. The van der Waals surface area contributed by atoms with Gasteiger partial charge in [0.1, 0.15) is 17.2 Å². The molecule has 1 aromatic carbocycles. The lowest BCUT2D eigenvalue weighted by molar-refractivity contribution is -0.119. The van der Waals surface area contributed by atoms with Crippen molar-refractivity contribution in [3.8, 4) is 28.8 Å². The van der Waals surface area contributed by atoms with Crippen LogP contribution in [-0.4, -0.2) is 43.7 Å². The van der Waals surface area contributed by atoms with Crippen LogP contribution in [0, 0.1) is 5.92 Å². The van der Waals surface area contributed by atoms with Crippen LogP contribution in [-0.2, 0) is 11.2 Å². The number of benzene rings is 1. The van der Waals surface area contributed by atoms with Crippen molar-refractivity contribution in [2.45, 2.75) is 39.5 Å². The lowest BCUT2D eigenvalue weighted by atomic mass is 10.1. The Morgan fingerprint density at radius 3 is 2.41 bits per heavy atom. The van der Waals surface area contributed by atoms with Crippen LogP contribution < -0.4 is 19.1 Å². The van der Waals surface area contributed by atoms with Crippen molar-refractivity contribution in [2.75, 3.05) is 32.8 Å². The van der Waals surface area contributed by atoms with E-state index in [9.17, 15) is 4.79 Å². The molecule has 0 bridgehead atoms. The molecule has 1 heterocycles. The van der Waals surface area contributed by atoms with Gasteiger partial charge in [-0.25, -0.2) is 4.98 Å². The lowest BCUT2D eigenvalue weighted by Gasteiger charge is -2.26. The molecule has 29 heavy (non-hydrogen) atoms. The lowest BCUT2D eigenvalue weighted by Crippen LogP contribution is -2.34. The fourth-order valence-corrected chi connectivity index (χ4v) is 3.35. The van der Waals surface area contributed by atoms with Gasteiger partial charge in [0.15, 0.2) is 5.82 Å². The molecular formula is C22H29N3O4. The highest BCUT2D eigenvalue weighted by Crippen LogP contribution is 2.39.